The molecule has 1 aliphatic rings. The molecule has 6 heteroatoms. The molecule has 0 bridgehead atoms. The van der Waals surface area contributed by atoms with Crippen molar-refractivity contribution in [1.82, 2.24) is 0 Å². The molecule has 0 heterocycles. The van der Waals surface area contributed by atoms with Crippen LogP contribution in [0.2, 0.25) is 0 Å². The van der Waals surface area contributed by atoms with Crippen LogP contribution in [0.3, 0.4) is 0 Å². The lowest BCUT2D eigenvalue weighted by atomic mass is 9.87. The van der Waals surface area contributed by atoms with Crippen molar-refractivity contribution in [2.75, 3.05) is 20.0 Å². The molecule has 0 aromatic rings. The lowest BCUT2D eigenvalue weighted by molar-refractivity contribution is -0.151. The second-order valence-corrected chi connectivity index (χ2v) is 6.54. The van der Waals surface area contributed by atoms with E-state index in [4.69, 9.17) is 9.84 Å². The first-order chi connectivity index (χ1) is 6.82. The fraction of sp³-hybridized carbons (Fsp3) is 0.889. The molecule has 0 aromatic heterocycles. The number of hydrogen-bond acceptors (Lipinski definition) is 4. The molecular formula is C9H16O5S. The van der Waals surface area contributed by atoms with Crippen molar-refractivity contribution < 1.29 is 23.1 Å². The number of hydrogen-bond donors (Lipinski definition) is 1. The average Bonchev–Trinajstić information content (AvgIpc) is 2.49. The Morgan fingerprint density at radius 1 is 1.60 bits per heavy atom. The van der Waals surface area contributed by atoms with Gasteiger partial charge in [-0.05, 0) is 19.3 Å². The van der Waals surface area contributed by atoms with E-state index in [0.717, 1.165) is 6.26 Å². The van der Waals surface area contributed by atoms with Crippen molar-refractivity contribution in [3.8, 4) is 0 Å². The molecule has 88 valence electrons. The molecular weight excluding hydrogens is 220 g/mol. The molecule has 0 aliphatic heterocycles. The molecule has 0 saturated heterocycles. The van der Waals surface area contributed by atoms with Crippen molar-refractivity contribution in [2.24, 2.45) is 5.41 Å². The Morgan fingerprint density at radius 3 is 2.53 bits per heavy atom. The van der Waals surface area contributed by atoms with Crippen molar-refractivity contribution in [3.05, 3.63) is 0 Å². The molecule has 1 rings (SSSR count). The molecule has 1 fully saturated rings. The van der Waals surface area contributed by atoms with Gasteiger partial charge >= 0.3 is 5.97 Å². The van der Waals surface area contributed by atoms with Gasteiger partial charge in [0.15, 0.2) is 0 Å². The SMILES string of the molecule is COC[C@]1(C(=O)O)CC[C@H](S(C)(=O)=O)C1. The summed E-state index contributed by atoms with van der Waals surface area (Å²) >= 11 is 0. The fourth-order valence-electron chi connectivity index (χ4n) is 2.11. The van der Waals surface area contributed by atoms with Crippen LogP contribution in [0.25, 0.3) is 0 Å². The monoisotopic (exact) mass is 236 g/mol. The van der Waals surface area contributed by atoms with E-state index in [-0.39, 0.29) is 13.0 Å². The van der Waals surface area contributed by atoms with Gasteiger partial charge in [0.05, 0.1) is 17.3 Å². The highest BCUT2D eigenvalue weighted by molar-refractivity contribution is 7.91. The molecule has 5 nitrogen and oxygen atoms in total. The van der Waals surface area contributed by atoms with E-state index < -0.39 is 26.5 Å². The third kappa shape index (κ3) is 2.49. The maximum absolute atomic E-state index is 11.3. The van der Waals surface area contributed by atoms with Gasteiger partial charge in [-0.2, -0.15) is 0 Å². The third-order valence-corrected chi connectivity index (χ3v) is 4.66. The summed E-state index contributed by atoms with van der Waals surface area (Å²) in [5, 5.41) is 8.57. The molecule has 0 amide bonds. The van der Waals surface area contributed by atoms with Gasteiger partial charge in [-0.1, -0.05) is 0 Å². The maximum atomic E-state index is 11.3. The first-order valence-corrected chi connectivity index (χ1v) is 6.68. The van der Waals surface area contributed by atoms with Crippen LogP contribution in [-0.4, -0.2) is 44.7 Å². The Hall–Kier alpha value is -0.620. The van der Waals surface area contributed by atoms with Gasteiger partial charge < -0.3 is 9.84 Å². The molecule has 15 heavy (non-hydrogen) atoms. The summed E-state index contributed by atoms with van der Waals surface area (Å²) in [4.78, 5) is 11.1. The molecule has 0 spiro atoms. The van der Waals surface area contributed by atoms with Crippen LogP contribution in [0.4, 0.5) is 0 Å². The molecule has 1 aliphatic carbocycles. The summed E-state index contributed by atoms with van der Waals surface area (Å²) in [7, 11) is -1.72. The van der Waals surface area contributed by atoms with Crippen molar-refractivity contribution in [1.29, 1.82) is 0 Å². The zero-order chi connectivity index (χ0) is 11.7. The topological polar surface area (TPSA) is 80.7 Å². The number of sulfone groups is 1. The minimum Gasteiger partial charge on any atom is -0.481 e. The minimum absolute atomic E-state index is 0.0777. The molecule has 0 aromatic carbocycles. The van der Waals surface area contributed by atoms with Crippen molar-refractivity contribution in [2.45, 2.75) is 24.5 Å². The Morgan fingerprint density at radius 2 is 2.20 bits per heavy atom. The predicted molar refractivity (Wildman–Crippen MR) is 54.4 cm³/mol. The second kappa shape index (κ2) is 4.09. The van der Waals surface area contributed by atoms with Crippen LogP contribution in [0, 0.1) is 5.41 Å². The highest BCUT2D eigenvalue weighted by Crippen LogP contribution is 2.41. The smallest absolute Gasteiger partial charge is 0.312 e. The minimum atomic E-state index is -3.14. The van der Waals surface area contributed by atoms with E-state index in [2.05, 4.69) is 0 Å². The quantitative estimate of drug-likeness (QED) is 0.759. The summed E-state index contributed by atoms with van der Waals surface area (Å²) < 4.78 is 27.5. The van der Waals surface area contributed by atoms with E-state index in [1.54, 1.807) is 0 Å². The third-order valence-electron chi connectivity index (χ3n) is 3.04. The van der Waals surface area contributed by atoms with Gasteiger partial charge in [0, 0.05) is 13.4 Å². The van der Waals surface area contributed by atoms with E-state index in [1.807, 2.05) is 0 Å². The van der Waals surface area contributed by atoms with E-state index >= 15 is 0 Å². The molecule has 2 atom stereocenters. The lowest BCUT2D eigenvalue weighted by Gasteiger charge is -2.22. The van der Waals surface area contributed by atoms with Crippen LogP contribution in [0.5, 0.6) is 0 Å². The van der Waals surface area contributed by atoms with Crippen molar-refractivity contribution in [3.63, 3.8) is 0 Å². The van der Waals surface area contributed by atoms with Crippen LogP contribution in [0.1, 0.15) is 19.3 Å². The van der Waals surface area contributed by atoms with Crippen molar-refractivity contribution >= 4 is 15.8 Å². The highest BCUT2D eigenvalue weighted by atomic mass is 32.2. The normalized spacial score (nSPS) is 31.7. The molecule has 0 radical (unpaired) electrons. The number of methoxy groups -OCH3 is 1. The van der Waals surface area contributed by atoms with Gasteiger partial charge in [0.25, 0.3) is 0 Å². The van der Waals surface area contributed by atoms with Crippen LogP contribution >= 0.6 is 0 Å². The first kappa shape index (κ1) is 12.4. The van der Waals surface area contributed by atoms with Gasteiger partial charge in [-0.15, -0.1) is 0 Å². The van der Waals surface area contributed by atoms with E-state index in [0.29, 0.717) is 12.8 Å². The number of ether oxygens (including phenoxy) is 1. The van der Waals surface area contributed by atoms with Gasteiger partial charge in [0.2, 0.25) is 0 Å². The summed E-state index contributed by atoms with van der Waals surface area (Å²) in [5.74, 6) is -0.962. The summed E-state index contributed by atoms with van der Waals surface area (Å²) in [6.45, 7) is 0.0777. The van der Waals surface area contributed by atoms with E-state index in [9.17, 15) is 13.2 Å². The Bertz CT molecular complexity index is 348. The summed E-state index contributed by atoms with van der Waals surface area (Å²) in [5.41, 5.74) is -1.01. The molecule has 0 unspecified atom stereocenters. The maximum Gasteiger partial charge on any atom is 0.312 e. The first-order valence-electron chi connectivity index (χ1n) is 4.73. The van der Waals surface area contributed by atoms with Gasteiger partial charge in [-0.3, -0.25) is 4.79 Å². The summed E-state index contributed by atoms with van der Waals surface area (Å²) in [6.07, 6.45) is 2.10. The van der Waals surface area contributed by atoms with Gasteiger partial charge in [-0.25, -0.2) is 8.42 Å². The Labute approximate surface area is 89.3 Å². The Balaban J connectivity index is 2.86. The average molecular weight is 236 g/mol. The fourth-order valence-corrected chi connectivity index (χ4v) is 3.27. The van der Waals surface area contributed by atoms with Crippen LogP contribution < -0.4 is 0 Å². The Kier molecular flexibility index (Phi) is 3.40. The number of rotatable bonds is 4. The lowest BCUT2D eigenvalue weighted by Crippen LogP contribution is -2.34. The van der Waals surface area contributed by atoms with Crippen LogP contribution in [-0.2, 0) is 19.4 Å². The zero-order valence-corrected chi connectivity index (χ0v) is 9.71. The number of aliphatic carboxylic acids is 1. The second-order valence-electron chi connectivity index (χ2n) is 4.21. The standard InChI is InChI=1S/C9H16O5S/c1-14-6-9(8(10)11)4-3-7(5-9)15(2,12)13/h7H,3-6H2,1-2H3,(H,10,11)/t7-,9-/m0/s1. The molecule has 1 N–H and O–H groups in total. The van der Waals surface area contributed by atoms with Crippen LogP contribution in [0.15, 0.2) is 0 Å². The number of carbonyl (C=O) groups is 1. The predicted octanol–water partition coefficient (Wildman–Crippen LogP) is 0.301. The molecule has 1 saturated carbocycles. The summed E-state index contributed by atoms with van der Waals surface area (Å²) in [6, 6.07) is 0. The zero-order valence-electron chi connectivity index (χ0n) is 8.89. The number of carboxylic acids is 1. The van der Waals surface area contributed by atoms with Gasteiger partial charge in [0.1, 0.15) is 9.84 Å². The highest BCUT2D eigenvalue weighted by Gasteiger charge is 2.48. The van der Waals surface area contributed by atoms with E-state index in [1.165, 1.54) is 7.11 Å². The largest absolute Gasteiger partial charge is 0.481 e. The number of carboxylic acid groups (broad SMARTS) is 1.